The van der Waals surface area contributed by atoms with Crippen molar-refractivity contribution < 1.29 is 9.53 Å². The average Bonchev–Trinajstić information content (AvgIpc) is 3.00. The minimum absolute atomic E-state index is 0.256. The number of rotatable bonds is 9. The van der Waals surface area contributed by atoms with E-state index in [2.05, 4.69) is 77.2 Å². The van der Waals surface area contributed by atoms with Crippen LogP contribution in [0.5, 0.6) is 11.6 Å². The average molecular weight is 569 g/mol. The number of hydrogen-bond acceptors (Lipinski definition) is 7. The summed E-state index contributed by atoms with van der Waals surface area (Å²) in [6, 6.07) is 17.1. The van der Waals surface area contributed by atoms with Crippen LogP contribution in [0.1, 0.15) is 43.2 Å². The molecule has 1 aromatic heterocycles. The van der Waals surface area contributed by atoms with Crippen molar-refractivity contribution in [3.8, 4) is 11.6 Å². The van der Waals surface area contributed by atoms with Gasteiger partial charge in [-0.3, -0.25) is 4.79 Å². The standard InChI is InChI=1S/C34H44N6O2/c1-6-33(41)36-30-23-28(12-10-24(30)2)42-34-31(40-18-8-7-9-19-40)14-15-32(37-34)35-29-13-11-27(22-25(29)3)39-20-16-26(17-21-39)38(4)5/h6,10-15,22-23,26H,1,7-9,16-21H2,2-5H3,(H,35,37)(H,36,41). The van der Waals surface area contributed by atoms with Crippen LogP contribution in [-0.2, 0) is 4.79 Å². The number of ether oxygens (including phenoxy) is 1. The van der Waals surface area contributed by atoms with Crippen molar-refractivity contribution in [2.24, 2.45) is 0 Å². The molecule has 0 atom stereocenters. The minimum Gasteiger partial charge on any atom is -0.437 e. The maximum atomic E-state index is 12.0. The van der Waals surface area contributed by atoms with E-state index in [-0.39, 0.29) is 5.91 Å². The van der Waals surface area contributed by atoms with Gasteiger partial charge in [-0.25, -0.2) is 0 Å². The lowest BCUT2D eigenvalue weighted by Crippen LogP contribution is -2.42. The Morgan fingerprint density at radius 2 is 1.69 bits per heavy atom. The monoisotopic (exact) mass is 568 g/mol. The molecule has 2 saturated heterocycles. The predicted octanol–water partition coefficient (Wildman–Crippen LogP) is 6.88. The number of nitrogens with one attached hydrogen (secondary N) is 2. The third-order valence-electron chi connectivity index (χ3n) is 8.44. The Bertz CT molecular complexity index is 1410. The zero-order valence-electron chi connectivity index (χ0n) is 25.4. The number of piperidine rings is 2. The molecule has 0 bridgehead atoms. The highest BCUT2D eigenvalue weighted by molar-refractivity contribution is 5.99. The van der Waals surface area contributed by atoms with Gasteiger partial charge in [-0.1, -0.05) is 12.6 Å². The highest BCUT2D eigenvalue weighted by Crippen LogP contribution is 2.36. The van der Waals surface area contributed by atoms with E-state index in [0.717, 1.165) is 61.8 Å². The van der Waals surface area contributed by atoms with Gasteiger partial charge < -0.3 is 30.1 Å². The number of amides is 1. The van der Waals surface area contributed by atoms with Gasteiger partial charge in [-0.05, 0) is 114 Å². The molecule has 1 amide bonds. The quantitative estimate of drug-likeness (QED) is 0.273. The van der Waals surface area contributed by atoms with Crippen LogP contribution in [-0.4, -0.2) is 62.1 Å². The summed E-state index contributed by atoms with van der Waals surface area (Å²) in [6.07, 6.45) is 7.18. The van der Waals surface area contributed by atoms with Gasteiger partial charge in [0.15, 0.2) is 0 Å². The third-order valence-corrected chi connectivity index (χ3v) is 8.44. The van der Waals surface area contributed by atoms with E-state index in [1.54, 1.807) is 0 Å². The second kappa shape index (κ2) is 13.3. The summed E-state index contributed by atoms with van der Waals surface area (Å²) in [5.74, 6) is 1.62. The maximum absolute atomic E-state index is 12.0. The molecular formula is C34H44N6O2. The van der Waals surface area contributed by atoms with Crippen LogP contribution in [0.2, 0.25) is 0 Å². The second-order valence-electron chi connectivity index (χ2n) is 11.6. The summed E-state index contributed by atoms with van der Waals surface area (Å²) in [7, 11) is 4.35. The summed E-state index contributed by atoms with van der Waals surface area (Å²) in [5, 5.41) is 6.40. The first-order valence-corrected chi connectivity index (χ1v) is 15.1. The molecule has 3 aromatic rings. The summed E-state index contributed by atoms with van der Waals surface area (Å²) in [6.45, 7) is 11.8. The number of carbonyl (C=O) groups is 1. The number of anilines is 5. The Morgan fingerprint density at radius 3 is 2.38 bits per heavy atom. The SMILES string of the molecule is C=CC(=O)Nc1cc(Oc2nc(Nc3ccc(N4CCC(N(C)C)CC4)cc3C)ccc2N2CCCCC2)ccc1C. The first-order valence-electron chi connectivity index (χ1n) is 15.1. The predicted molar refractivity (Wildman–Crippen MR) is 174 cm³/mol. The van der Waals surface area contributed by atoms with Crippen LogP contribution in [0, 0.1) is 13.8 Å². The Labute approximate surface area is 250 Å². The van der Waals surface area contributed by atoms with Gasteiger partial charge in [0.05, 0.1) is 0 Å². The maximum Gasteiger partial charge on any atom is 0.247 e. The zero-order valence-corrected chi connectivity index (χ0v) is 25.4. The number of aryl methyl sites for hydroxylation is 2. The van der Waals surface area contributed by atoms with Gasteiger partial charge in [0.25, 0.3) is 0 Å². The highest BCUT2D eigenvalue weighted by Gasteiger charge is 2.22. The van der Waals surface area contributed by atoms with E-state index >= 15 is 0 Å². The molecule has 0 radical (unpaired) electrons. The van der Waals surface area contributed by atoms with Gasteiger partial charge in [0, 0.05) is 55.3 Å². The fourth-order valence-electron chi connectivity index (χ4n) is 5.81. The highest BCUT2D eigenvalue weighted by atomic mass is 16.5. The van der Waals surface area contributed by atoms with Crippen molar-refractivity contribution >= 4 is 34.5 Å². The zero-order chi connectivity index (χ0) is 29.6. The lowest BCUT2D eigenvalue weighted by molar-refractivity contribution is -0.111. The number of pyridine rings is 1. The number of hydrogen-bond donors (Lipinski definition) is 2. The Hall–Kier alpha value is -4.04. The number of aromatic nitrogens is 1. The van der Waals surface area contributed by atoms with Crippen LogP contribution in [0.15, 0.2) is 61.2 Å². The molecular weight excluding hydrogens is 524 g/mol. The number of benzene rings is 2. The van der Waals surface area contributed by atoms with Gasteiger partial charge >= 0.3 is 0 Å². The Morgan fingerprint density at radius 1 is 0.929 bits per heavy atom. The van der Waals surface area contributed by atoms with Crippen LogP contribution < -0.4 is 25.2 Å². The fraction of sp³-hybridized carbons (Fsp3) is 0.412. The molecule has 0 saturated carbocycles. The smallest absolute Gasteiger partial charge is 0.247 e. The van der Waals surface area contributed by atoms with Gasteiger partial charge in [0.1, 0.15) is 17.3 Å². The van der Waals surface area contributed by atoms with Crippen molar-refractivity contribution in [2.45, 2.75) is 52.0 Å². The molecule has 222 valence electrons. The van der Waals surface area contributed by atoms with E-state index in [1.807, 2.05) is 31.2 Å². The van der Waals surface area contributed by atoms with Crippen LogP contribution in [0.4, 0.5) is 28.6 Å². The van der Waals surface area contributed by atoms with Crippen molar-refractivity contribution in [3.63, 3.8) is 0 Å². The third kappa shape index (κ3) is 7.05. The summed E-state index contributed by atoms with van der Waals surface area (Å²) < 4.78 is 6.43. The lowest BCUT2D eigenvalue weighted by Gasteiger charge is -2.36. The molecule has 42 heavy (non-hydrogen) atoms. The minimum atomic E-state index is -0.256. The molecule has 2 N–H and O–H groups in total. The van der Waals surface area contributed by atoms with Crippen molar-refractivity contribution in [3.05, 3.63) is 72.3 Å². The first kappa shape index (κ1) is 29.5. The molecule has 0 unspecified atom stereocenters. The molecule has 2 aliphatic rings. The molecule has 2 aliphatic heterocycles. The molecule has 5 rings (SSSR count). The largest absolute Gasteiger partial charge is 0.437 e. The van der Waals surface area contributed by atoms with E-state index in [1.165, 1.54) is 36.6 Å². The van der Waals surface area contributed by atoms with E-state index in [4.69, 9.17) is 9.72 Å². The normalized spacial score (nSPS) is 15.9. The fourth-order valence-corrected chi connectivity index (χ4v) is 5.81. The molecule has 0 spiro atoms. The van der Waals surface area contributed by atoms with E-state index < -0.39 is 0 Å². The van der Waals surface area contributed by atoms with Crippen LogP contribution in [0.3, 0.4) is 0 Å². The molecule has 0 aliphatic carbocycles. The lowest BCUT2D eigenvalue weighted by atomic mass is 10.0. The van der Waals surface area contributed by atoms with Crippen LogP contribution in [0.25, 0.3) is 0 Å². The van der Waals surface area contributed by atoms with Crippen molar-refractivity contribution in [1.29, 1.82) is 0 Å². The van der Waals surface area contributed by atoms with E-state index in [0.29, 0.717) is 23.4 Å². The molecule has 8 nitrogen and oxygen atoms in total. The van der Waals surface area contributed by atoms with Gasteiger partial charge in [-0.15, -0.1) is 0 Å². The van der Waals surface area contributed by atoms with E-state index in [9.17, 15) is 4.79 Å². The van der Waals surface area contributed by atoms with Crippen molar-refractivity contribution in [1.82, 2.24) is 9.88 Å². The summed E-state index contributed by atoms with van der Waals surface area (Å²) in [4.78, 5) is 24.1. The number of nitrogens with zero attached hydrogens (tertiary/aromatic N) is 4. The van der Waals surface area contributed by atoms with Gasteiger partial charge in [0.2, 0.25) is 11.8 Å². The topological polar surface area (TPSA) is 73.0 Å². The number of carbonyl (C=O) groups excluding carboxylic acids is 1. The molecule has 8 heteroatoms. The summed E-state index contributed by atoms with van der Waals surface area (Å²) in [5.41, 5.74) is 6.08. The van der Waals surface area contributed by atoms with Crippen LogP contribution >= 0.6 is 0 Å². The Balaban J connectivity index is 1.37. The molecule has 2 aromatic carbocycles. The first-order chi connectivity index (χ1) is 20.3. The van der Waals surface area contributed by atoms with Gasteiger partial charge in [-0.2, -0.15) is 4.98 Å². The summed E-state index contributed by atoms with van der Waals surface area (Å²) >= 11 is 0. The Kier molecular flexibility index (Phi) is 9.32. The van der Waals surface area contributed by atoms with Crippen molar-refractivity contribution in [2.75, 3.05) is 60.7 Å². The molecule has 2 fully saturated rings. The second-order valence-corrected chi connectivity index (χ2v) is 11.6. The molecule has 3 heterocycles.